The molecule has 0 aliphatic carbocycles. The Morgan fingerprint density at radius 2 is 2.00 bits per heavy atom. The number of hydrogen-bond donors (Lipinski definition) is 1. The highest BCUT2D eigenvalue weighted by Crippen LogP contribution is 2.19. The van der Waals surface area contributed by atoms with Crippen LogP contribution in [0.15, 0.2) is 0 Å². The van der Waals surface area contributed by atoms with E-state index in [0.29, 0.717) is 6.42 Å². The molecule has 1 atom stereocenters. The van der Waals surface area contributed by atoms with Crippen molar-refractivity contribution in [1.29, 1.82) is 5.26 Å². The summed E-state index contributed by atoms with van der Waals surface area (Å²) >= 11 is 0. The molecule has 0 rings (SSSR count). The third kappa shape index (κ3) is 3.58. The Morgan fingerprint density at radius 3 is 2.33 bits per heavy atom. The molecule has 15 heavy (non-hydrogen) atoms. The van der Waals surface area contributed by atoms with Gasteiger partial charge in [-0.15, -0.1) is 0 Å². The summed E-state index contributed by atoms with van der Waals surface area (Å²) < 4.78 is 0. The van der Waals surface area contributed by atoms with Crippen LogP contribution in [-0.2, 0) is 9.59 Å². The Balaban J connectivity index is 4.28. The van der Waals surface area contributed by atoms with Crippen molar-refractivity contribution >= 4 is 11.8 Å². The largest absolute Gasteiger partial charge is 0.347 e. The van der Waals surface area contributed by atoms with Crippen molar-refractivity contribution in [2.45, 2.75) is 20.3 Å². The Morgan fingerprint density at radius 1 is 1.47 bits per heavy atom. The van der Waals surface area contributed by atoms with Gasteiger partial charge in [0.2, 0.25) is 11.8 Å². The summed E-state index contributed by atoms with van der Waals surface area (Å²) in [6.45, 7) is 3.25. The van der Waals surface area contributed by atoms with E-state index in [1.807, 2.05) is 6.07 Å². The molecule has 0 spiro atoms. The molecule has 84 valence electrons. The van der Waals surface area contributed by atoms with Crippen LogP contribution in [0.4, 0.5) is 0 Å². The van der Waals surface area contributed by atoms with Crippen molar-refractivity contribution in [1.82, 2.24) is 10.2 Å². The standard InChI is InChI=1S/C10H17N3O2/c1-5-10(2,7-11)9(15)12-6-8(14)13(3)4/h5-6H2,1-4H3,(H,12,15). The van der Waals surface area contributed by atoms with Crippen LogP contribution in [0.3, 0.4) is 0 Å². The van der Waals surface area contributed by atoms with Crippen LogP contribution in [-0.4, -0.2) is 37.4 Å². The van der Waals surface area contributed by atoms with Gasteiger partial charge in [0, 0.05) is 14.1 Å². The Labute approximate surface area is 90.0 Å². The molecule has 1 unspecified atom stereocenters. The summed E-state index contributed by atoms with van der Waals surface area (Å²) in [5.41, 5.74) is -1.05. The molecule has 0 aromatic carbocycles. The number of hydrogen-bond acceptors (Lipinski definition) is 3. The van der Waals surface area contributed by atoms with Gasteiger partial charge >= 0.3 is 0 Å². The third-order valence-electron chi connectivity index (χ3n) is 2.35. The first kappa shape index (κ1) is 13.4. The van der Waals surface area contributed by atoms with Crippen LogP contribution in [0.1, 0.15) is 20.3 Å². The summed E-state index contributed by atoms with van der Waals surface area (Å²) in [6.07, 6.45) is 0.422. The lowest BCUT2D eigenvalue weighted by molar-refractivity contribution is -0.133. The van der Waals surface area contributed by atoms with Gasteiger partial charge in [0.1, 0.15) is 5.41 Å². The van der Waals surface area contributed by atoms with E-state index in [0.717, 1.165) is 0 Å². The van der Waals surface area contributed by atoms with Gasteiger partial charge < -0.3 is 10.2 Å². The molecule has 0 radical (unpaired) electrons. The second-order valence-electron chi connectivity index (χ2n) is 3.77. The molecule has 2 amide bonds. The molecular formula is C10H17N3O2. The maximum atomic E-state index is 11.5. The number of nitrogens with zero attached hydrogens (tertiary/aromatic N) is 2. The fourth-order valence-corrected chi connectivity index (χ4v) is 0.799. The van der Waals surface area contributed by atoms with Gasteiger partial charge in [-0.05, 0) is 13.3 Å². The predicted octanol–water partition coefficient (Wildman–Crippen LogP) is 0.131. The van der Waals surface area contributed by atoms with Crippen molar-refractivity contribution in [3.05, 3.63) is 0 Å². The summed E-state index contributed by atoms with van der Waals surface area (Å²) in [7, 11) is 3.22. The number of nitriles is 1. The van der Waals surface area contributed by atoms with E-state index in [4.69, 9.17) is 5.26 Å². The Kier molecular flexibility index (Phi) is 4.79. The van der Waals surface area contributed by atoms with Gasteiger partial charge in [0.25, 0.3) is 0 Å². The summed E-state index contributed by atoms with van der Waals surface area (Å²) in [5.74, 6) is -0.595. The average molecular weight is 211 g/mol. The molecule has 0 aliphatic heterocycles. The first-order valence-corrected chi connectivity index (χ1v) is 4.77. The molecule has 5 nitrogen and oxygen atoms in total. The van der Waals surface area contributed by atoms with Gasteiger partial charge in [-0.1, -0.05) is 6.92 Å². The Bertz CT molecular complexity index is 294. The van der Waals surface area contributed by atoms with Crippen molar-refractivity contribution in [2.75, 3.05) is 20.6 Å². The maximum Gasteiger partial charge on any atom is 0.241 e. The van der Waals surface area contributed by atoms with Crippen molar-refractivity contribution in [3.8, 4) is 6.07 Å². The lowest BCUT2D eigenvalue weighted by atomic mass is 9.88. The van der Waals surface area contributed by atoms with Gasteiger partial charge in [0.15, 0.2) is 0 Å². The molecule has 0 heterocycles. The summed E-state index contributed by atoms with van der Waals surface area (Å²) in [6, 6.07) is 1.94. The van der Waals surface area contributed by atoms with Crippen LogP contribution >= 0.6 is 0 Å². The average Bonchev–Trinajstić information content (AvgIpc) is 2.23. The monoisotopic (exact) mass is 211 g/mol. The summed E-state index contributed by atoms with van der Waals surface area (Å²) in [5, 5.41) is 11.3. The minimum absolute atomic E-state index is 0.0664. The number of nitrogens with one attached hydrogen (secondary N) is 1. The molecule has 0 aromatic rings. The number of rotatable bonds is 4. The van der Waals surface area contributed by atoms with Gasteiger partial charge in [-0.2, -0.15) is 5.26 Å². The molecule has 5 heteroatoms. The van der Waals surface area contributed by atoms with Crippen LogP contribution in [0.25, 0.3) is 0 Å². The van der Waals surface area contributed by atoms with Crippen molar-refractivity contribution < 1.29 is 9.59 Å². The van der Waals surface area contributed by atoms with E-state index >= 15 is 0 Å². The molecule has 0 saturated heterocycles. The van der Waals surface area contributed by atoms with E-state index < -0.39 is 11.3 Å². The van der Waals surface area contributed by atoms with Crippen molar-refractivity contribution in [3.63, 3.8) is 0 Å². The first-order chi connectivity index (χ1) is 6.87. The zero-order valence-electron chi connectivity index (χ0n) is 9.63. The smallest absolute Gasteiger partial charge is 0.241 e. The topological polar surface area (TPSA) is 73.2 Å². The molecule has 0 saturated carbocycles. The fourth-order valence-electron chi connectivity index (χ4n) is 0.799. The lowest BCUT2D eigenvalue weighted by Gasteiger charge is -2.19. The Hall–Kier alpha value is -1.57. The van der Waals surface area contributed by atoms with Crippen LogP contribution in [0.5, 0.6) is 0 Å². The van der Waals surface area contributed by atoms with Gasteiger partial charge in [-0.3, -0.25) is 9.59 Å². The number of carbonyl (C=O) groups is 2. The molecule has 0 aromatic heterocycles. The normalized spacial score (nSPS) is 13.5. The lowest BCUT2D eigenvalue weighted by Crippen LogP contribution is -2.42. The third-order valence-corrected chi connectivity index (χ3v) is 2.35. The van der Waals surface area contributed by atoms with Crippen LogP contribution in [0, 0.1) is 16.7 Å². The molecule has 0 bridgehead atoms. The summed E-state index contributed by atoms with van der Waals surface area (Å²) in [4.78, 5) is 24.1. The van der Waals surface area contributed by atoms with Crippen LogP contribution in [0.2, 0.25) is 0 Å². The first-order valence-electron chi connectivity index (χ1n) is 4.77. The minimum atomic E-state index is -1.05. The highest BCUT2D eigenvalue weighted by molar-refractivity contribution is 5.89. The quantitative estimate of drug-likeness (QED) is 0.718. The highest BCUT2D eigenvalue weighted by atomic mass is 16.2. The molecular weight excluding hydrogens is 194 g/mol. The van der Waals surface area contributed by atoms with E-state index in [1.54, 1.807) is 27.9 Å². The zero-order valence-corrected chi connectivity index (χ0v) is 9.63. The minimum Gasteiger partial charge on any atom is -0.347 e. The van der Waals surface area contributed by atoms with E-state index in [-0.39, 0.29) is 12.5 Å². The van der Waals surface area contributed by atoms with Crippen molar-refractivity contribution in [2.24, 2.45) is 5.41 Å². The maximum absolute atomic E-state index is 11.5. The van der Waals surface area contributed by atoms with Gasteiger partial charge in [0.05, 0.1) is 12.6 Å². The molecule has 0 fully saturated rings. The second kappa shape index (κ2) is 5.35. The molecule has 0 aliphatic rings. The zero-order chi connectivity index (χ0) is 12.1. The highest BCUT2D eigenvalue weighted by Gasteiger charge is 2.31. The number of carbonyl (C=O) groups excluding carboxylic acids is 2. The van der Waals surface area contributed by atoms with Crippen LogP contribution < -0.4 is 5.32 Å². The fraction of sp³-hybridized carbons (Fsp3) is 0.700. The number of amides is 2. The van der Waals surface area contributed by atoms with E-state index in [1.165, 1.54) is 4.90 Å². The predicted molar refractivity (Wildman–Crippen MR) is 55.7 cm³/mol. The van der Waals surface area contributed by atoms with E-state index in [2.05, 4.69) is 5.32 Å². The second-order valence-corrected chi connectivity index (χ2v) is 3.77. The molecule has 1 N–H and O–H groups in total. The SMILES string of the molecule is CCC(C)(C#N)C(=O)NCC(=O)N(C)C. The van der Waals surface area contributed by atoms with E-state index in [9.17, 15) is 9.59 Å². The van der Waals surface area contributed by atoms with Gasteiger partial charge in [-0.25, -0.2) is 0 Å². The number of likely N-dealkylation sites (N-methyl/N-ethyl adjacent to an activating group) is 1.